The molecule has 1 aromatic heterocycles. The second-order valence-electron chi connectivity index (χ2n) is 7.34. The van der Waals surface area contributed by atoms with E-state index in [1.807, 2.05) is 13.1 Å². The summed E-state index contributed by atoms with van der Waals surface area (Å²) in [6.07, 6.45) is 5.09. The van der Waals surface area contributed by atoms with Crippen LogP contribution >= 0.6 is 11.6 Å². The van der Waals surface area contributed by atoms with Gasteiger partial charge < -0.3 is 26.2 Å². The van der Waals surface area contributed by atoms with Crippen molar-refractivity contribution in [3.05, 3.63) is 65.6 Å². The Bertz CT molecular complexity index is 953. The lowest BCUT2D eigenvalue weighted by molar-refractivity contribution is 0.489. The predicted octanol–water partition coefficient (Wildman–Crippen LogP) is 3.35. The van der Waals surface area contributed by atoms with Gasteiger partial charge in [-0.15, -0.1) is 0 Å². The van der Waals surface area contributed by atoms with Gasteiger partial charge in [0.25, 0.3) is 0 Å². The minimum Gasteiger partial charge on any atom is -0.399 e. The molecular weight excluding hydrogens is 393 g/mol. The van der Waals surface area contributed by atoms with Crippen LogP contribution in [0.5, 0.6) is 0 Å². The zero-order chi connectivity index (χ0) is 20.6. The van der Waals surface area contributed by atoms with Crippen LogP contribution in [-0.2, 0) is 0 Å². The molecule has 2 aliphatic rings. The number of likely N-dealkylation sites (N-methyl/N-ethyl adjacent to an activating group) is 1. The second-order valence-corrected chi connectivity index (χ2v) is 7.77. The smallest absolute Gasteiger partial charge is 0.225 e. The van der Waals surface area contributed by atoms with Crippen LogP contribution in [0.1, 0.15) is 12.8 Å². The lowest BCUT2D eigenvalue weighted by atomic mass is 10.2. The molecule has 1 saturated heterocycles. The van der Waals surface area contributed by atoms with Crippen molar-refractivity contribution in [3.8, 4) is 0 Å². The molecule has 1 aliphatic carbocycles. The molecule has 0 bridgehead atoms. The molecule has 0 unspecified atom stereocenters. The number of benzene rings is 1. The summed E-state index contributed by atoms with van der Waals surface area (Å²) in [7, 11) is 2.01. The first kappa shape index (κ1) is 19.3. The average Bonchev–Trinajstić information content (AvgIpc) is 3.38. The Morgan fingerprint density at radius 3 is 2.79 bits per heavy atom. The number of hydrogen-bond donors (Lipinski definition) is 3. The van der Waals surface area contributed by atoms with Crippen LogP contribution in [0.4, 0.5) is 21.8 Å². The third-order valence-electron chi connectivity index (χ3n) is 5.24. The molecule has 152 valence electrons. The number of aromatic nitrogens is 2. The van der Waals surface area contributed by atoms with Crippen molar-refractivity contribution in [2.24, 2.45) is 5.73 Å². The summed E-state index contributed by atoms with van der Waals surface area (Å²) in [6, 6.07) is 6.10. The molecular formula is C20H23ClFN7. The fourth-order valence-electron chi connectivity index (χ4n) is 3.28. The van der Waals surface area contributed by atoms with E-state index in [-0.39, 0.29) is 0 Å². The summed E-state index contributed by atoms with van der Waals surface area (Å²) in [5, 5.41) is 6.68. The number of nitrogens with zero attached hydrogens (tertiary/aromatic N) is 4. The van der Waals surface area contributed by atoms with Gasteiger partial charge in [-0.1, -0.05) is 18.2 Å². The molecule has 2 fully saturated rings. The van der Waals surface area contributed by atoms with E-state index in [1.165, 1.54) is 12.1 Å². The van der Waals surface area contributed by atoms with E-state index >= 15 is 0 Å². The minimum absolute atomic E-state index is 0.318. The number of nitrogens with one attached hydrogen (secondary N) is 2. The van der Waals surface area contributed by atoms with Crippen LogP contribution in [0, 0.1) is 5.82 Å². The van der Waals surface area contributed by atoms with Gasteiger partial charge in [0.05, 0.1) is 11.2 Å². The number of halogens is 2. The lowest BCUT2D eigenvalue weighted by Crippen LogP contribution is -2.31. The fourth-order valence-corrected chi connectivity index (χ4v) is 3.50. The van der Waals surface area contributed by atoms with Gasteiger partial charge in [-0.25, -0.2) is 9.37 Å². The highest BCUT2D eigenvalue weighted by atomic mass is 35.5. The maximum Gasteiger partial charge on any atom is 0.225 e. The Kier molecular flexibility index (Phi) is 4.96. The van der Waals surface area contributed by atoms with Crippen LogP contribution in [0.2, 0.25) is 5.02 Å². The van der Waals surface area contributed by atoms with Crippen molar-refractivity contribution in [2.75, 3.05) is 35.7 Å². The van der Waals surface area contributed by atoms with Crippen LogP contribution in [0.3, 0.4) is 0 Å². The maximum atomic E-state index is 13.5. The Labute approximate surface area is 174 Å². The van der Waals surface area contributed by atoms with Crippen molar-refractivity contribution >= 4 is 29.1 Å². The first-order chi connectivity index (χ1) is 13.9. The Balaban J connectivity index is 1.47. The van der Waals surface area contributed by atoms with Gasteiger partial charge >= 0.3 is 0 Å². The minimum atomic E-state index is -0.415. The summed E-state index contributed by atoms with van der Waals surface area (Å²) in [6.45, 7) is 5.84. The quantitative estimate of drug-likeness (QED) is 0.667. The first-order valence-corrected chi connectivity index (χ1v) is 9.72. The molecule has 7 nitrogen and oxygen atoms in total. The van der Waals surface area contributed by atoms with Crippen LogP contribution in [-0.4, -0.2) is 40.5 Å². The first-order valence-electron chi connectivity index (χ1n) is 9.34. The second kappa shape index (κ2) is 7.44. The molecule has 4 N–H and O–H groups in total. The Morgan fingerprint density at radius 1 is 1.34 bits per heavy atom. The number of nitrogens with two attached hydrogens (primary N) is 1. The van der Waals surface area contributed by atoms with Gasteiger partial charge in [-0.2, -0.15) is 4.98 Å². The topological polar surface area (TPSA) is 82.3 Å². The van der Waals surface area contributed by atoms with E-state index in [9.17, 15) is 4.39 Å². The van der Waals surface area contributed by atoms with Gasteiger partial charge in [0.15, 0.2) is 0 Å². The summed E-state index contributed by atoms with van der Waals surface area (Å²) in [4.78, 5) is 13.1. The zero-order valence-electron chi connectivity index (χ0n) is 16.1. The van der Waals surface area contributed by atoms with Crippen molar-refractivity contribution < 1.29 is 4.39 Å². The molecule has 9 heteroatoms. The molecule has 1 aromatic carbocycles. The molecule has 0 amide bonds. The van der Waals surface area contributed by atoms with E-state index in [0.29, 0.717) is 22.4 Å². The molecule has 0 spiro atoms. The standard InChI is InChI=1S/C20H23ClFN7/c1-13-28(2)7-8-29(13)18-3-6-24-19(26-18)27-20(4-5-20)17(23)12-25-16-10-14(21)9-15(22)11-16/h3,6,9-12,25H,1,4-5,7-8,23H2,2H3,(H,24,26,27)/b17-12-. The molecule has 2 aromatic rings. The number of hydrogen-bond acceptors (Lipinski definition) is 7. The number of rotatable bonds is 6. The van der Waals surface area contributed by atoms with Gasteiger partial charge in [-0.05, 0) is 37.1 Å². The van der Waals surface area contributed by atoms with Crippen molar-refractivity contribution in [1.29, 1.82) is 0 Å². The summed E-state index contributed by atoms with van der Waals surface area (Å²) >= 11 is 5.89. The van der Waals surface area contributed by atoms with Crippen LogP contribution in [0.15, 0.2) is 54.8 Å². The fraction of sp³-hybridized carbons (Fsp3) is 0.300. The van der Waals surface area contributed by atoms with E-state index in [4.69, 9.17) is 17.3 Å². The maximum absolute atomic E-state index is 13.5. The zero-order valence-corrected chi connectivity index (χ0v) is 16.9. The van der Waals surface area contributed by atoms with Gasteiger partial charge in [0, 0.05) is 43.2 Å². The molecule has 2 heterocycles. The average molecular weight is 416 g/mol. The van der Waals surface area contributed by atoms with Gasteiger partial charge in [0.1, 0.15) is 17.5 Å². The highest BCUT2D eigenvalue weighted by Gasteiger charge is 2.46. The third-order valence-corrected chi connectivity index (χ3v) is 5.46. The molecule has 29 heavy (non-hydrogen) atoms. The van der Waals surface area contributed by atoms with Crippen molar-refractivity contribution in [3.63, 3.8) is 0 Å². The van der Waals surface area contributed by atoms with Gasteiger partial charge in [0.2, 0.25) is 5.95 Å². The van der Waals surface area contributed by atoms with Crippen LogP contribution in [0.25, 0.3) is 0 Å². The van der Waals surface area contributed by atoms with Crippen molar-refractivity contribution in [1.82, 2.24) is 14.9 Å². The predicted molar refractivity (Wildman–Crippen MR) is 114 cm³/mol. The molecule has 0 radical (unpaired) electrons. The highest BCUT2D eigenvalue weighted by Crippen LogP contribution is 2.42. The van der Waals surface area contributed by atoms with Gasteiger partial charge in [-0.3, -0.25) is 0 Å². The van der Waals surface area contributed by atoms with E-state index < -0.39 is 11.4 Å². The van der Waals surface area contributed by atoms with Crippen LogP contribution < -0.4 is 21.3 Å². The third kappa shape index (κ3) is 4.07. The van der Waals surface area contributed by atoms with Crippen molar-refractivity contribution in [2.45, 2.75) is 18.4 Å². The Morgan fingerprint density at radius 2 is 2.14 bits per heavy atom. The Hall–Kier alpha value is -3.00. The van der Waals surface area contributed by atoms with E-state index in [2.05, 4.69) is 37.0 Å². The van der Waals surface area contributed by atoms with E-state index in [1.54, 1.807) is 18.5 Å². The largest absolute Gasteiger partial charge is 0.399 e. The molecule has 1 saturated carbocycles. The lowest BCUT2D eigenvalue weighted by Gasteiger charge is -2.22. The number of anilines is 3. The summed E-state index contributed by atoms with van der Waals surface area (Å²) < 4.78 is 13.5. The molecule has 0 atom stereocenters. The summed E-state index contributed by atoms with van der Waals surface area (Å²) in [5.41, 5.74) is 7.02. The molecule has 1 aliphatic heterocycles. The highest BCUT2D eigenvalue weighted by molar-refractivity contribution is 6.30. The normalized spacial score (nSPS) is 18.2. The summed E-state index contributed by atoms with van der Waals surface area (Å²) in [5.74, 6) is 1.80. The molecule has 4 rings (SSSR count). The SMILES string of the molecule is C=C1N(C)CCN1c1ccnc(NC2(/C(N)=C/Nc3cc(F)cc(Cl)c3)CC2)n1. The van der Waals surface area contributed by atoms with E-state index in [0.717, 1.165) is 37.6 Å². The monoisotopic (exact) mass is 415 g/mol.